The summed E-state index contributed by atoms with van der Waals surface area (Å²) >= 11 is 0. The molecule has 31 heavy (non-hydrogen) atoms. The van der Waals surface area contributed by atoms with Gasteiger partial charge in [0.2, 0.25) is 5.88 Å². The molecule has 0 bridgehead atoms. The molecule has 0 aliphatic carbocycles. The molecule has 1 amide bonds. The number of nitriles is 1. The van der Waals surface area contributed by atoms with E-state index in [4.69, 9.17) is 20.5 Å². The normalized spacial score (nSPS) is 15.7. The summed E-state index contributed by atoms with van der Waals surface area (Å²) in [4.78, 5) is 18.1. The minimum absolute atomic E-state index is 0.127. The molecule has 4 rings (SSSR count). The summed E-state index contributed by atoms with van der Waals surface area (Å²) in [6.07, 6.45) is 5.73. The number of rotatable bonds is 6. The Hall–Kier alpha value is -4.05. The van der Waals surface area contributed by atoms with Gasteiger partial charge in [-0.3, -0.25) is 4.79 Å². The van der Waals surface area contributed by atoms with Crippen LogP contribution in [0.3, 0.4) is 0 Å². The van der Waals surface area contributed by atoms with Crippen molar-refractivity contribution < 1.29 is 14.3 Å². The maximum absolute atomic E-state index is 12.0. The standard InChI is InChI=1S/C24H22N4O3/c25-16-28-12-4-5-17(15-28)18-13-22(23(26)29)24(27-14-18)31-21-10-8-20(9-11-21)30-19-6-2-1-3-7-19/h1-3,6-11,13-14,17H,4-5,12,15H2,(H2,26,29). The lowest BCUT2D eigenvalue weighted by Crippen LogP contribution is -2.30. The molecule has 2 heterocycles. The lowest BCUT2D eigenvalue weighted by atomic mass is 9.91. The Labute approximate surface area is 180 Å². The Morgan fingerprint density at radius 2 is 1.74 bits per heavy atom. The molecule has 3 aromatic rings. The Morgan fingerprint density at radius 1 is 1.06 bits per heavy atom. The Bertz CT molecular complexity index is 1090. The van der Waals surface area contributed by atoms with Crippen LogP contribution < -0.4 is 15.2 Å². The van der Waals surface area contributed by atoms with Gasteiger partial charge in [-0.25, -0.2) is 4.98 Å². The van der Waals surface area contributed by atoms with E-state index in [-0.39, 0.29) is 17.4 Å². The number of pyridine rings is 1. The molecule has 1 aliphatic rings. The van der Waals surface area contributed by atoms with E-state index in [1.54, 1.807) is 41.4 Å². The first-order valence-electron chi connectivity index (χ1n) is 10.1. The number of nitrogens with two attached hydrogens (primary N) is 1. The van der Waals surface area contributed by atoms with Crippen molar-refractivity contribution in [1.29, 1.82) is 5.26 Å². The number of para-hydroxylation sites is 1. The molecule has 1 atom stereocenters. The van der Waals surface area contributed by atoms with Gasteiger partial charge in [-0.1, -0.05) is 18.2 Å². The van der Waals surface area contributed by atoms with Crippen LogP contribution in [0.2, 0.25) is 0 Å². The van der Waals surface area contributed by atoms with E-state index in [1.807, 2.05) is 30.3 Å². The third kappa shape index (κ3) is 4.93. The Balaban J connectivity index is 1.50. The van der Waals surface area contributed by atoms with Crippen molar-refractivity contribution in [2.75, 3.05) is 13.1 Å². The van der Waals surface area contributed by atoms with Crippen LogP contribution in [-0.4, -0.2) is 28.9 Å². The number of piperidine rings is 1. The summed E-state index contributed by atoms with van der Waals surface area (Å²) in [5.41, 5.74) is 6.69. The molecule has 1 unspecified atom stereocenters. The molecule has 2 aromatic carbocycles. The number of ether oxygens (including phenoxy) is 2. The van der Waals surface area contributed by atoms with Crippen molar-refractivity contribution in [1.82, 2.24) is 9.88 Å². The van der Waals surface area contributed by atoms with E-state index in [9.17, 15) is 4.79 Å². The topological polar surface area (TPSA) is 101 Å². The summed E-state index contributed by atoms with van der Waals surface area (Å²) in [5, 5.41) is 9.17. The lowest BCUT2D eigenvalue weighted by molar-refractivity contribution is 0.0997. The van der Waals surface area contributed by atoms with E-state index < -0.39 is 5.91 Å². The van der Waals surface area contributed by atoms with Crippen molar-refractivity contribution in [2.45, 2.75) is 18.8 Å². The first kappa shape index (κ1) is 20.2. The van der Waals surface area contributed by atoms with Gasteiger partial charge in [0.1, 0.15) is 22.8 Å². The van der Waals surface area contributed by atoms with E-state index >= 15 is 0 Å². The van der Waals surface area contributed by atoms with Gasteiger partial charge in [-0.15, -0.1) is 0 Å². The number of primary amides is 1. The highest BCUT2D eigenvalue weighted by Crippen LogP contribution is 2.31. The number of amides is 1. The number of carbonyl (C=O) groups excluding carboxylic acids is 1. The second-order valence-electron chi connectivity index (χ2n) is 7.36. The first-order chi connectivity index (χ1) is 15.1. The van der Waals surface area contributed by atoms with Gasteiger partial charge >= 0.3 is 0 Å². The number of carbonyl (C=O) groups is 1. The largest absolute Gasteiger partial charge is 0.457 e. The molecule has 7 nitrogen and oxygen atoms in total. The monoisotopic (exact) mass is 414 g/mol. The van der Waals surface area contributed by atoms with Crippen LogP contribution in [0.5, 0.6) is 23.1 Å². The van der Waals surface area contributed by atoms with Crippen molar-refractivity contribution in [3.63, 3.8) is 0 Å². The fourth-order valence-electron chi connectivity index (χ4n) is 3.60. The van der Waals surface area contributed by atoms with Gasteiger partial charge < -0.3 is 20.1 Å². The van der Waals surface area contributed by atoms with Gasteiger partial charge in [0.15, 0.2) is 6.19 Å². The van der Waals surface area contributed by atoms with Crippen molar-refractivity contribution in [3.8, 4) is 29.3 Å². The number of likely N-dealkylation sites (tertiary alicyclic amines) is 1. The van der Waals surface area contributed by atoms with Gasteiger partial charge in [0, 0.05) is 25.2 Å². The van der Waals surface area contributed by atoms with Crippen LogP contribution >= 0.6 is 0 Å². The van der Waals surface area contributed by atoms with Gasteiger partial charge in [-0.05, 0) is 60.9 Å². The third-order valence-electron chi connectivity index (χ3n) is 5.19. The van der Waals surface area contributed by atoms with Crippen LogP contribution in [0.25, 0.3) is 0 Å². The predicted molar refractivity (Wildman–Crippen MR) is 115 cm³/mol. The van der Waals surface area contributed by atoms with Gasteiger partial charge in [0.05, 0.1) is 0 Å². The van der Waals surface area contributed by atoms with Crippen LogP contribution in [0.4, 0.5) is 0 Å². The average molecular weight is 414 g/mol. The molecule has 1 fully saturated rings. The van der Waals surface area contributed by atoms with Crippen molar-refractivity contribution in [2.24, 2.45) is 5.73 Å². The fraction of sp³-hybridized carbons (Fsp3) is 0.208. The highest BCUT2D eigenvalue weighted by Gasteiger charge is 2.23. The Kier molecular flexibility index (Phi) is 5.99. The second kappa shape index (κ2) is 9.18. The fourth-order valence-corrected chi connectivity index (χ4v) is 3.60. The molecule has 156 valence electrons. The summed E-state index contributed by atoms with van der Waals surface area (Å²) < 4.78 is 11.6. The minimum atomic E-state index is -0.610. The van der Waals surface area contributed by atoms with Crippen LogP contribution in [0.15, 0.2) is 66.9 Å². The van der Waals surface area contributed by atoms with Crippen LogP contribution in [0.1, 0.15) is 34.7 Å². The minimum Gasteiger partial charge on any atom is -0.457 e. The zero-order valence-corrected chi connectivity index (χ0v) is 16.9. The summed E-state index contributed by atoms with van der Waals surface area (Å²) in [6, 6.07) is 18.2. The SMILES string of the molecule is N#CN1CCCC(c2cnc(Oc3ccc(Oc4ccccc4)cc3)c(C(N)=O)c2)C1. The van der Waals surface area contributed by atoms with Crippen LogP contribution in [0, 0.1) is 11.5 Å². The maximum Gasteiger partial charge on any atom is 0.254 e. The molecule has 1 saturated heterocycles. The molecule has 0 radical (unpaired) electrons. The summed E-state index contributed by atoms with van der Waals surface area (Å²) in [6.45, 7) is 1.37. The van der Waals surface area contributed by atoms with E-state index in [1.165, 1.54) is 0 Å². The Morgan fingerprint density at radius 3 is 2.42 bits per heavy atom. The van der Waals surface area contributed by atoms with Crippen molar-refractivity contribution in [3.05, 3.63) is 78.0 Å². The zero-order valence-electron chi connectivity index (χ0n) is 16.9. The van der Waals surface area contributed by atoms with Gasteiger partial charge in [-0.2, -0.15) is 5.26 Å². The molecule has 0 saturated carbocycles. The quantitative estimate of drug-likeness (QED) is 0.599. The predicted octanol–water partition coefficient (Wildman–Crippen LogP) is 4.43. The highest BCUT2D eigenvalue weighted by molar-refractivity contribution is 5.95. The van der Waals surface area contributed by atoms with Gasteiger partial charge in [0.25, 0.3) is 5.91 Å². The molecule has 1 aromatic heterocycles. The third-order valence-corrected chi connectivity index (χ3v) is 5.19. The number of hydrogen-bond acceptors (Lipinski definition) is 6. The molecule has 7 heteroatoms. The molecule has 2 N–H and O–H groups in total. The number of benzene rings is 2. The number of hydrogen-bond donors (Lipinski definition) is 1. The van der Waals surface area contributed by atoms with E-state index in [0.717, 1.165) is 30.7 Å². The van der Waals surface area contributed by atoms with E-state index in [0.29, 0.717) is 18.0 Å². The van der Waals surface area contributed by atoms with E-state index in [2.05, 4.69) is 11.2 Å². The summed E-state index contributed by atoms with van der Waals surface area (Å²) in [7, 11) is 0. The first-order valence-corrected chi connectivity index (χ1v) is 10.1. The summed E-state index contributed by atoms with van der Waals surface area (Å²) in [5.74, 6) is 1.58. The number of nitrogens with zero attached hydrogens (tertiary/aromatic N) is 3. The average Bonchev–Trinajstić information content (AvgIpc) is 2.81. The molecular weight excluding hydrogens is 392 g/mol. The maximum atomic E-state index is 12.0. The zero-order chi connectivity index (χ0) is 21.6. The smallest absolute Gasteiger partial charge is 0.254 e. The number of aromatic nitrogens is 1. The second-order valence-corrected chi connectivity index (χ2v) is 7.36. The highest BCUT2D eigenvalue weighted by atomic mass is 16.5. The lowest BCUT2D eigenvalue weighted by Gasteiger charge is -2.29. The van der Waals surface area contributed by atoms with Crippen molar-refractivity contribution >= 4 is 5.91 Å². The molecule has 0 spiro atoms. The molecule has 1 aliphatic heterocycles. The molecular formula is C24H22N4O3. The van der Waals surface area contributed by atoms with Crippen LogP contribution in [-0.2, 0) is 0 Å².